The standard InChI is InChI=1S/C52H32N2S2/c1-2-18-36-33(14-1)15-12-25-42(36)54(45-26-13-29-49-50(45)40-21-5-9-27-47(40)55-49)46-31-30-37(52-51(46)41-22-6-10-28-48(41)56-52)34-16-11-17-35(32-34)53-43-23-7-3-19-38(43)39-20-4-8-24-44(39)53/h1-32H. The fourth-order valence-corrected chi connectivity index (χ4v) is 11.4. The molecule has 0 saturated carbocycles. The van der Waals surface area contributed by atoms with Gasteiger partial charge in [-0.05, 0) is 77.2 Å². The van der Waals surface area contributed by atoms with Crippen LogP contribution in [0.15, 0.2) is 194 Å². The lowest BCUT2D eigenvalue weighted by atomic mass is 9.98. The van der Waals surface area contributed by atoms with E-state index in [0.717, 1.165) is 5.69 Å². The van der Waals surface area contributed by atoms with Crippen LogP contribution in [0.3, 0.4) is 0 Å². The van der Waals surface area contributed by atoms with Crippen molar-refractivity contribution in [2.24, 2.45) is 0 Å². The second-order valence-corrected chi connectivity index (χ2v) is 16.6. The molecule has 0 unspecified atom stereocenters. The van der Waals surface area contributed by atoms with Crippen molar-refractivity contribution in [1.29, 1.82) is 0 Å². The summed E-state index contributed by atoms with van der Waals surface area (Å²) >= 11 is 3.76. The molecule has 0 saturated heterocycles. The minimum absolute atomic E-state index is 1.16. The molecule has 0 atom stereocenters. The van der Waals surface area contributed by atoms with Gasteiger partial charge in [0.25, 0.3) is 0 Å². The second-order valence-electron chi connectivity index (χ2n) is 14.4. The zero-order valence-electron chi connectivity index (χ0n) is 30.2. The second kappa shape index (κ2) is 12.4. The van der Waals surface area contributed by atoms with Gasteiger partial charge < -0.3 is 9.47 Å². The number of hydrogen-bond acceptors (Lipinski definition) is 3. The van der Waals surface area contributed by atoms with E-state index in [2.05, 4.69) is 204 Å². The number of nitrogens with zero attached hydrogens (tertiary/aromatic N) is 2. The Kier molecular flexibility index (Phi) is 7.00. The fourth-order valence-electron chi connectivity index (χ4n) is 8.97. The molecule has 4 heteroatoms. The first-order valence-corrected chi connectivity index (χ1v) is 20.6. The molecule has 56 heavy (non-hydrogen) atoms. The predicted octanol–water partition coefficient (Wildman–Crippen LogP) is 15.8. The Hall–Kier alpha value is -6.72. The third-order valence-corrected chi connectivity index (χ3v) is 13.7. The number of thiophene rings is 2. The summed E-state index contributed by atoms with van der Waals surface area (Å²) in [5.41, 5.74) is 9.57. The summed E-state index contributed by atoms with van der Waals surface area (Å²) in [4.78, 5) is 2.55. The van der Waals surface area contributed by atoms with Crippen LogP contribution in [0.1, 0.15) is 0 Å². The molecule has 9 aromatic carbocycles. The minimum atomic E-state index is 1.16. The van der Waals surface area contributed by atoms with Gasteiger partial charge in [-0.2, -0.15) is 0 Å². The molecule has 262 valence electrons. The maximum absolute atomic E-state index is 2.55. The van der Waals surface area contributed by atoms with Crippen LogP contribution in [0.2, 0.25) is 0 Å². The molecule has 0 amide bonds. The van der Waals surface area contributed by atoms with Crippen LogP contribution in [0.5, 0.6) is 0 Å². The van der Waals surface area contributed by atoms with Gasteiger partial charge in [-0.15, -0.1) is 22.7 Å². The highest BCUT2D eigenvalue weighted by Gasteiger charge is 2.25. The first-order chi connectivity index (χ1) is 27.8. The zero-order valence-corrected chi connectivity index (χ0v) is 31.8. The Balaban J connectivity index is 1.15. The van der Waals surface area contributed by atoms with Crippen LogP contribution in [0.4, 0.5) is 17.1 Å². The minimum Gasteiger partial charge on any atom is -0.309 e. The highest BCUT2D eigenvalue weighted by atomic mass is 32.1. The van der Waals surface area contributed by atoms with Crippen LogP contribution in [0, 0.1) is 0 Å². The van der Waals surface area contributed by atoms with Gasteiger partial charge in [-0.3, -0.25) is 0 Å². The largest absolute Gasteiger partial charge is 0.309 e. The lowest BCUT2D eigenvalue weighted by molar-refractivity contribution is 1.18. The van der Waals surface area contributed by atoms with Gasteiger partial charge in [0.2, 0.25) is 0 Å². The van der Waals surface area contributed by atoms with E-state index < -0.39 is 0 Å². The van der Waals surface area contributed by atoms with Crippen molar-refractivity contribution >= 4 is 113 Å². The summed E-state index contributed by atoms with van der Waals surface area (Å²) in [5.74, 6) is 0. The molecule has 0 aliphatic heterocycles. The summed E-state index contributed by atoms with van der Waals surface area (Å²) < 4.78 is 7.58. The number of para-hydroxylation sites is 2. The van der Waals surface area contributed by atoms with Crippen molar-refractivity contribution in [3.63, 3.8) is 0 Å². The molecule has 2 nitrogen and oxygen atoms in total. The molecule has 12 rings (SSSR count). The van der Waals surface area contributed by atoms with Gasteiger partial charge in [0.05, 0.1) is 28.1 Å². The van der Waals surface area contributed by atoms with E-state index in [4.69, 9.17) is 0 Å². The molecule has 0 aliphatic rings. The number of hydrogen-bond donors (Lipinski definition) is 0. The van der Waals surface area contributed by atoms with E-state index in [1.54, 1.807) is 0 Å². The highest BCUT2D eigenvalue weighted by Crippen LogP contribution is 2.52. The van der Waals surface area contributed by atoms with Crippen LogP contribution in [-0.4, -0.2) is 4.57 Å². The van der Waals surface area contributed by atoms with Crippen molar-refractivity contribution in [1.82, 2.24) is 4.57 Å². The third-order valence-electron chi connectivity index (χ3n) is 11.4. The van der Waals surface area contributed by atoms with Gasteiger partial charge >= 0.3 is 0 Å². The quantitative estimate of drug-likeness (QED) is 0.170. The lowest BCUT2D eigenvalue weighted by Gasteiger charge is -2.29. The van der Waals surface area contributed by atoms with Gasteiger partial charge in [0.15, 0.2) is 0 Å². The average molecular weight is 749 g/mol. The van der Waals surface area contributed by atoms with Gasteiger partial charge in [0, 0.05) is 62.2 Å². The predicted molar refractivity (Wildman–Crippen MR) is 244 cm³/mol. The monoisotopic (exact) mass is 748 g/mol. The van der Waals surface area contributed by atoms with Crippen LogP contribution < -0.4 is 4.90 Å². The third kappa shape index (κ3) is 4.67. The summed E-state index contributed by atoms with van der Waals surface area (Å²) in [7, 11) is 0. The Morgan fingerprint density at radius 1 is 0.375 bits per heavy atom. The van der Waals surface area contributed by atoms with Crippen molar-refractivity contribution in [3.05, 3.63) is 194 Å². The molecular formula is C52H32N2S2. The van der Waals surface area contributed by atoms with Crippen molar-refractivity contribution in [2.45, 2.75) is 0 Å². The summed E-state index contributed by atoms with van der Waals surface area (Å²) in [5, 5.41) is 10.1. The van der Waals surface area contributed by atoms with Gasteiger partial charge in [0.1, 0.15) is 0 Å². The summed E-state index contributed by atoms with van der Waals surface area (Å²) in [6.07, 6.45) is 0. The molecule has 0 spiro atoms. The van der Waals surface area contributed by atoms with Gasteiger partial charge in [-0.1, -0.05) is 133 Å². The van der Waals surface area contributed by atoms with Gasteiger partial charge in [-0.25, -0.2) is 0 Å². The molecular weight excluding hydrogens is 717 g/mol. The van der Waals surface area contributed by atoms with Crippen molar-refractivity contribution in [2.75, 3.05) is 4.90 Å². The van der Waals surface area contributed by atoms with E-state index in [1.807, 2.05) is 22.7 Å². The van der Waals surface area contributed by atoms with Crippen LogP contribution in [-0.2, 0) is 0 Å². The van der Waals surface area contributed by atoms with Crippen molar-refractivity contribution in [3.8, 4) is 16.8 Å². The Bertz CT molecular complexity index is 3450. The first kappa shape index (κ1) is 31.6. The topological polar surface area (TPSA) is 8.17 Å². The number of fused-ring (bicyclic) bond motifs is 10. The summed E-state index contributed by atoms with van der Waals surface area (Å²) in [6.45, 7) is 0. The number of benzene rings is 9. The molecule has 12 aromatic rings. The molecule has 0 fully saturated rings. The number of rotatable bonds is 5. The van der Waals surface area contributed by atoms with Crippen LogP contribution >= 0.6 is 22.7 Å². The number of aromatic nitrogens is 1. The SMILES string of the molecule is c1cc(-c2ccc(N(c3cccc4ccccc34)c3cccc4sc5ccccc5c34)c3c2sc2ccccc23)cc(-n2c3ccccc3c3ccccc32)c1. The average Bonchev–Trinajstić information content (AvgIpc) is 3.94. The highest BCUT2D eigenvalue weighted by molar-refractivity contribution is 7.26. The smallest absolute Gasteiger partial charge is 0.0555 e. The summed E-state index contributed by atoms with van der Waals surface area (Å²) in [6, 6.07) is 71.4. The van der Waals surface area contributed by atoms with E-state index in [-0.39, 0.29) is 0 Å². The Labute approximate surface area is 331 Å². The van der Waals surface area contributed by atoms with E-state index in [9.17, 15) is 0 Å². The molecule has 0 bridgehead atoms. The normalized spacial score (nSPS) is 11.9. The number of anilines is 3. The fraction of sp³-hybridized carbons (Fsp3) is 0. The molecule has 0 N–H and O–H groups in total. The van der Waals surface area contributed by atoms with E-state index in [1.165, 1.54) is 101 Å². The van der Waals surface area contributed by atoms with E-state index >= 15 is 0 Å². The van der Waals surface area contributed by atoms with Crippen molar-refractivity contribution < 1.29 is 0 Å². The van der Waals surface area contributed by atoms with Crippen LogP contribution in [0.25, 0.3) is 89.7 Å². The molecule has 3 aromatic heterocycles. The maximum atomic E-state index is 2.55. The molecule has 0 aliphatic carbocycles. The molecule has 0 radical (unpaired) electrons. The zero-order chi connectivity index (χ0) is 36.7. The lowest BCUT2D eigenvalue weighted by Crippen LogP contribution is -2.11. The maximum Gasteiger partial charge on any atom is 0.0555 e. The molecule has 3 heterocycles. The Morgan fingerprint density at radius 2 is 0.929 bits per heavy atom. The van der Waals surface area contributed by atoms with E-state index in [0.29, 0.717) is 0 Å². The Morgan fingerprint density at radius 3 is 1.71 bits per heavy atom. The first-order valence-electron chi connectivity index (χ1n) is 19.0.